The minimum absolute atomic E-state index is 0. The first-order valence-corrected chi connectivity index (χ1v) is 4.10. The molecule has 1 heterocycles. The molecule has 0 atom stereocenters. The molecular weight excluding hydrogens is 198 g/mol. The van der Waals surface area contributed by atoms with Gasteiger partial charge in [0, 0.05) is 0 Å². The maximum atomic E-state index is 5.57. The Balaban J connectivity index is 0.00000169. The number of anilines is 1. The van der Waals surface area contributed by atoms with Crippen LogP contribution in [0.4, 0.5) is 5.82 Å². The van der Waals surface area contributed by atoms with E-state index in [1.807, 2.05) is 26.1 Å². The van der Waals surface area contributed by atoms with Gasteiger partial charge in [-0.15, -0.1) is 12.4 Å². The van der Waals surface area contributed by atoms with Gasteiger partial charge in [0.1, 0.15) is 11.5 Å². The largest absolute Gasteiger partial charge is 0.384 e. The van der Waals surface area contributed by atoms with Gasteiger partial charge in [0.25, 0.3) is 0 Å². The van der Waals surface area contributed by atoms with Crippen molar-refractivity contribution in [2.24, 2.45) is 0 Å². The molecule has 0 spiro atoms. The third kappa shape index (κ3) is 4.13. The second kappa shape index (κ2) is 6.25. The second-order valence-electron chi connectivity index (χ2n) is 2.79. The summed E-state index contributed by atoms with van der Waals surface area (Å²) in [5.74, 6) is 6.37. The summed E-state index contributed by atoms with van der Waals surface area (Å²) in [6, 6.07) is 3.74. The van der Waals surface area contributed by atoms with Gasteiger partial charge in [-0.1, -0.05) is 5.92 Å². The molecule has 0 aliphatic carbocycles. The number of aromatic nitrogens is 1. The average Bonchev–Trinajstić information content (AvgIpc) is 2.03. The van der Waals surface area contributed by atoms with E-state index in [0.717, 1.165) is 11.3 Å². The van der Waals surface area contributed by atoms with Crippen molar-refractivity contribution in [2.75, 3.05) is 19.3 Å². The first-order valence-electron chi connectivity index (χ1n) is 4.10. The summed E-state index contributed by atoms with van der Waals surface area (Å²) >= 11 is 0. The molecule has 0 saturated carbocycles. The fourth-order valence-electron chi connectivity index (χ4n) is 0.981. The van der Waals surface area contributed by atoms with Crippen LogP contribution in [0.25, 0.3) is 0 Å². The van der Waals surface area contributed by atoms with Crippen LogP contribution in [0.2, 0.25) is 0 Å². The van der Waals surface area contributed by atoms with E-state index in [9.17, 15) is 0 Å². The van der Waals surface area contributed by atoms with E-state index >= 15 is 0 Å². The number of hydrogen-bond acceptors (Lipinski definition) is 3. The van der Waals surface area contributed by atoms with Gasteiger partial charge in [-0.05, 0) is 37.6 Å². The number of halogens is 1. The third-order valence-electron chi connectivity index (χ3n) is 1.47. The number of nitrogens with two attached hydrogens (primary N) is 1. The molecule has 0 aromatic carbocycles. The van der Waals surface area contributed by atoms with Crippen LogP contribution in [-0.4, -0.2) is 18.6 Å². The Hall–Kier alpha value is -1.24. The maximum absolute atomic E-state index is 5.57. The van der Waals surface area contributed by atoms with Gasteiger partial charge in [0.2, 0.25) is 0 Å². The minimum Gasteiger partial charge on any atom is -0.384 e. The summed E-state index contributed by atoms with van der Waals surface area (Å²) in [6.07, 6.45) is 0. The van der Waals surface area contributed by atoms with Gasteiger partial charge < -0.3 is 11.1 Å². The lowest BCUT2D eigenvalue weighted by Crippen LogP contribution is -2.04. The van der Waals surface area contributed by atoms with Crippen LogP contribution < -0.4 is 11.1 Å². The van der Waals surface area contributed by atoms with Crippen LogP contribution in [0, 0.1) is 18.8 Å². The van der Waals surface area contributed by atoms with Crippen molar-refractivity contribution in [3.63, 3.8) is 0 Å². The molecular formula is C10H14ClN3. The summed E-state index contributed by atoms with van der Waals surface area (Å²) in [5.41, 5.74) is 7.38. The molecule has 14 heavy (non-hydrogen) atoms. The smallest absolute Gasteiger partial charge is 0.125 e. The fourth-order valence-corrected chi connectivity index (χ4v) is 0.981. The van der Waals surface area contributed by atoms with E-state index in [1.165, 1.54) is 0 Å². The van der Waals surface area contributed by atoms with E-state index in [1.54, 1.807) is 0 Å². The SMILES string of the molecule is CNCC#Cc1cc(C)cc(N)n1.Cl. The summed E-state index contributed by atoms with van der Waals surface area (Å²) in [5, 5.41) is 2.93. The fraction of sp³-hybridized carbons (Fsp3) is 0.300. The highest BCUT2D eigenvalue weighted by Gasteiger charge is 1.92. The average molecular weight is 212 g/mol. The molecule has 3 nitrogen and oxygen atoms in total. The Morgan fingerprint density at radius 1 is 1.50 bits per heavy atom. The first-order chi connectivity index (χ1) is 6.22. The Labute approximate surface area is 90.5 Å². The molecule has 0 aliphatic heterocycles. The summed E-state index contributed by atoms with van der Waals surface area (Å²) in [6.45, 7) is 2.64. The standard InChI is InChI=1S/C10H13N3.ClH/c1-8-6-9(4-3-5-12-2)13-10(11)7-8;/h6-7,12H,5H2,1-2H3,(H2,11,13);1H. The van der Waals surface area contributed by atoms with Crippen molar-refractivity contribution < 1.29 is 0 Å². The molecule has 76 valence electrons. The molecule has 0 fully saturated rings. The van der Waals surface area contributed by atoms with Crippen LogP contribution in [0.3, 0.4) is 0 Å². The first kappa shape index (κ1) is 12.8. The van der Waals surface area contributed by atoms with Crippen molar-refractivity contribution in [1.29, 1.82) is 0 Å². The summed E-state index contributed by atoms with van der Waals surface area (Å²) < 4.78 is 0. The zero-order valence-electron chi connectivity index (χ0n) is 8.29. The number of nitrogens with one attached hydrogen (secondary N) is 1. The van der Waals surface area contributed by atoms with Crippen molar-refractivity contribution in [1.82, 2.24) is 10.3 Å². The topological polar surface area (TPSA) is 50.9 Å². The Kier molecular flexibility index (Phi) is 5.70. The summed E-state index contributed by atoms with van der Waals surface area (Å²) in [7, 11) is 1.85. The lowest BCUT2D eigenvalue weighted by molar-refractivity contribution is 0.938. The highest BCUT2D eigenvalue weighted by molar-refractivity contribution is 5.85. The van der Waals surface area contributed by atoms with E-state index in [4.69, 9.17) is 5.73 Å². The molecule has 0 aliphatic rings. The van der Waals surface area contributed by atoms with Crippen molar-refractivity contribution in [3.05, 3.63) is 23.4 Å². The number of hydrogen-bond donors (Lipinski definition) is 2. The van der Waals surface area contributed by atoms with Gasteiger partial charge in [0.05, 0.1) is 6.54 Å². The molecule has 1 rings (SSSR count). The lowest BCUT2D eigenvalue weighted by Gasteiger charge is -1.96. The van der Waals surface area contributed by atoms with Crippen LogP contribution in [-0.2, 0) is 0 Å². The van der Waals surface area contributed by atoms with Gasteiger partial charge in [-0.2, -0.15) is 0 Å². The Morgan fingerprint density at radius 2 is 2.21 bits per heavy atom. The number of aryl methyl sites for hydroxylation is 1. The van der Waals surface area contributed by atoms with Gasteiger partial charge >= 0.3 is 0 Å². The Morgan fingerprint density at radius 3 is 2.79 bits per heavy atom. The highest BCUT2D eigenvalue weighted by atomic mass is 35.5. The third-order valence-corrected chi connectivity index (χ3v) is 1.47. The van der Waals surface area contributed by atoms with Gasteiger partial charge in [-0.25, -0.2) is 4.98 Å². The quantitative estimate of drug-likeness (QED) is 0.681. The molecule has 1 aromatic heterocycles. The van der Waals surface area contributed by atoms with Crippen LogP contribution in [0.15, 0.2) is 12.1 Å². The summed E-state index contributed by atoms with van der Waals surface area (Å²) in [4.78, 5) is 4.08. The molecule has 3 N–H and O–H groups in total. The van der Waals surface area contributed by atoms with Gasteiger partial charge in [0.15, 0.2) is 0 Å². The molecule has 4 heteroatoms. The zero-order chi connectivity index (χ0) is 9.68. The zero-order valence-corrected chi connectivity index (χ0v) is 9.11. The van der Waals surface area contributed by atoms with Crippen molar-refractivity contribution >= 4 is 18.2 Å². The molecule has 0 bridgehead atoms. The van der Waals surface area contributed by atoms with E-state index in [-0.39, 0.29) is 12.4 Å². The molecule has 0 radical (unpaired) electrons. The molecule has 0 amide bonds. The van der Waals surface area contributed by atoms with Crippen LogP contribution in [0.5, 0.6) is 0 Å². The van der Waals surface area contributed by atoms with Crippen molar-refractivity contribution in [2.45, 2.75) is 6.92 Å². The van der Waals surface area contributed by atoms with Crippen molar-refractivity contribution in [3.8, 4) is 11.8 Å². The van der Waals surface area contributed by atoms with Gasteiger partial charge in [-0.3, -0.25) is 0 Å². The normalized spacial score (nSPS) is 8.43. The van der Waals surface area contributed by atoms with Crippen LogP contribution >= 0.6 is 12.4 Å². The van der Waals surface area contributed by atoms with E-state index in [0.29, 0.717) is 12.4 Å². The predicted octanol–water partition coefficient (Wildman–Crippen LogP) is 0.965. The lowest BCUT2D eigenvalue weighted by atomic mass is 10.2. The number of nitrogens with zero attached hydrogens (tertiary/aromatic N) is 1. The number of nitrogen functional groups attached to an aromatic ring is 1. The minimum atomic E-state index is 0. The number of rotatable bonds is 1. The highest BCUT2D eigenvalue weighted by Crippen LogP contribution is 2.04. The molecule has 1 aromatic rings. The second-order valence-corrected chi connectivity index (χ2v) is 2.79. The Bertz CT molecular complexity index is 332. The van der Waals surface area contributed by atoms with E-state index < -0.39 is 0 Å². The predicted molar refractivity (Wildman–Crippen MR) is 61.4 cm³/mol. The molecule has 0 saturated heterocycles. The van der Waals surface area contributed by atoms with Crippen LogP contribution in [0.1, 0.15) is 11.3 Å². The maximum Gasteiger partial charge on any atom is 0.125 e. The van der Waals surface area contributed by atoms with E-state index in [2.05, 4.69) is 22.1 Å². The monoisotopic (exact) mass is 211 g/mol. The number of pyridine rings is 1. The molecule has 0 unspecified atom stereocenters.